The lowest BCUT2D eigenvalue weighted by molar-refractivity contribution is -0.0500. The van der Waals surface area contributed by atoms with Crippen LogP contribution in [0.1, 0.15) is 31.7 Å². The van der Waals surface area contributed by atoms with Crippen LogP contribution in [0.25, 0.3) is 0 Å². The van der Waals surface area contributed by atoms with Crippen LogP contribution < -0.4 is 8.91 Å². The van der Waals surface area contributed by atoms with Crippen LogP contribution in [-0.4, -0.2) is 46.8 Å². The highest BCUT2D eigenvalue weighted by molar-refractivity contribution is 7.90. The van der Waals surface area contributed by atoms with Crippen molar-refractivity contribution in [3.05, 3.63) is 29.8 Å². The molecule has 0 bridgehead atoms. The van der Waals surface area contributed by atoms with E-state index >= 15 is 0 Å². The van der Waals surface area contributed by atoms with E-state index in [9.17, 15) is 30.0 Å². The molecule has 1 fully saturated rings. The molecule has 27 heavy (non-hydrogen) atoms. The van der Waals surface area contributed by atoms with Crippen LogP contribution in [0.5, 0.6) is 5.75 Å². The van der Waals surface area contributed by atoms with Gasteiger partial charge in [-0.2, -0.15) is 21.6 Å². The Bertz CT molecular complexity index is 851. The Kier molecular flexibility index (Phi) is 6.44. The minimum Gasteiger partial charge on any atom is -0.380 e. The summed E-state index contributed by atoms with van der Waals surface area (Å²) in [5, 5.41) is -0.636. The van der Waals surface area contributed by atoms with Gasteiger partial charge < -0.3 is 8.92 Å². The number of hydrogen-bond acceptors (Lipinski definition) is 6. The average Bonchev–Trinajstić information content (AvgIpc) is 2.54. The molecule has 0 aromatic heterocycles. The molecule has 1 heterocycles. The van der Waals surface area contributed by atoms with Gasteiger partial charge in [0.25, 0.3) is 0 Å². The average molecular weight is 431 g/mol. The predicted molar refractivity (Wildman–Crippen MR) is 91.2 cm³/mol. The molecule has 2 atom stereocenters. The van der Waals surface area contributed by atoms with E-state index in [0.717, 1.165) is 12.1 Å². The van der Waals surface area contributed by atoms with E-state index in [-0.39, 0.29) is 12.5 Å². The SMILES string of the molecule is CC(C)S(=O)(=O)N[C@H]1COCC[C@@H]1c1ccc(OS(=O)(=O)C(F)(F)F)cc1. The Hall–Kier alpha value is -1.37. The number of ether oxygens (including phenoxy) is 1. The number of halogens is 3. The molecule has 0 spiro atoms. The molecule has 0 aliphatic carbocycles. The summed E-state index contributed by atoms with van der Waals surface area (Å²) in [7, 11) is -9.29. The number of hydrogen-bond donors (Lipinski definition) is 1. The zero-order valence-corrected chi connectivity index (χ0v) is 16.2. The molecule has 154 valence electrons. The van der Waals surface area contributed by atoms with Crippen LogP contribution in [0, 0.1) is 0 Å². The molecular formula is C15H20F3NO6S2. The predicted octanol–water partition coefficient (Wildman–Crippen LogP) is 2.12. The van der Waals surface area contributed by atoms with Crippen molar-refractivity contribution >= 4 is 20.1 Å². The molecule has 2 rings (SSSR count). The molecule has 1 aliphatic rings. The van der Waals surface area contributed by atoms with Gasteiger partial charge in [-0.1, -0.05) is 12.1 Å². The number of rotatable bonds is 6. The maximum atomic E-state index is 12.4. The fraction of sp³-hybridized carbons (Fsp3) is 0.600. The summed E-state index contributed by atoms with van der Waals surface area (Å²) in [6.45, 7) is 3.62. The summed E-state index contributed by atoms with van der Waals surface area (Å²) in [5.41, 5.74) is -4.89. The molecule has 1 N–H and O–H groups in total. The molecule has 12 heteroatoms. The van der Waals surface area contributed by atoms with Crippen LogP contribution >= 0.6 is 0 Å². The lowest BCUT2D eigenvalue weighted by Gasteiger charge is -2.32. The van der Waals surface area contributed by atoms with Gasteiger partial charge in [-0.3, -0.25) is 0 Å². The Morgan fingerprint density at radius 1 is 1.15 bits per heavy atom. The zero-order chi connectivity index (χ0) is 20.5. The smallest absolute Gasteiger partial charge is 0.380 e. The van der Waals surface area contributed by atoms with Crippen molar-refractivity contribution in [2.45, 2.75) is 43.0 Å². The molecule has 0 saturated carbocycles. The molecule has 1 aromatic rings. The van der Waals surface area contributed by atoms with E-state index in [1.807, 2.05) is 0 Å². The maximum Gasteiger partial charge on any atom is 0.534 e. The quantitative estimate of drug-likeness (QED) is 0.547. The summed E-state index contributed by atoms with van der Waals surface area (Å²) in [5.74, 6) is -0.761. The normalized spacial score (nSPS) is 22.0. The van der Waals surface area contributed by atoms with E-state index in [1.54, 1.807) is 0 Å². The van der Waals surface area contributed by atoms with E-state index in [2.05, 4.69) is 8.91 Å². The van der Waals surface area contributed by atoms with Crippen LogP contribution in [0.15, 0.2) is 24.3 Å². The maximum absolute atomic E-state index is 12.4. The first-order chi connectivity index (χ1) is 12.3. The third kappa shape index (κ3) is 5.33. The Labute approximate surface area is 156 Å². The highest BCUT2D eigenvalue weighted by Gasteiger charge is 2.48. The van der Waals surface area contributed by atoms with Gasteiger partial charge in [0.05, 0.1) is 17.9 Å². The van der Waals surface area contributed by atoms with Gasteiger partial charge in [0.2, 0.25) is 10.0 Å². The van der Waals surface area contributed by atoms with Gasteiger partial charge >= 0.3 is 15.6 Å². The van der Waals surface area contributed by atoms with Crippen molar-refractivity contribution in [2.24, 2.45) is 0 Å². The second kappa shape index (κ2) is 7.94. The minimum absolute atomic E-state index is 0.150. The minimum atomic E-state index is -5.74. The Balaban J connectivity index is 2.19. The highest BCUT2D eigenvalue weighted by atomic mass is 32.2. The van der Waals surface area contributed by atoms with Crippen molar-refractivity contribution in [2.75, 3.05) is 13.2 Å². The topological polar surface area (TPSA) is 98.8 Å². The molecule has 1 aliphatic heterocycles. The van der Waals surface area contributed by atoms with Gasteiger partial charge in [0.1, 0.15) is 5.75 Å². The summed E-state index contributed by atoms with van der Waals surface area (Å²) in [4.78, 5) is 0. The molecule has 0 unspecified atom stereocenters. The van der Waals surface area contributed by atoms with Crippen LogP contribution in [0.3, 0.4) is 0 Å². The first kappa shape index (κ1) is 21.9. The first-order valence-corrected chi connectivity index (χ1v) is 11.0. The summed E-state index contributed by atoms with van der Waals surface area (Å²) in [6, 6.07) is 4.48. The van der Waals surface area contributed by atoms with E-state index in [0.29, 0.717) is 18.6 Å². The molecule has 0 amide bonds. The van der Waals surface area contributed by atoms with Crippen LogP contribution in [-0.2, 0) is 24.9 Å². The number of benzene rings is 1. The lowest BCUT2D eigenvalue weighted by Crippen LogP contribution is -2.47. The first-order valence-electron chi connectivity index (χ1n) is 8.03. The summed E-state index contributed by atoms with van der Waals surface area (Å²) < 4.78 is 95.4. The van der Waals surface area contributed by atoms with E-state index in [1.165, 1.54) is 26.0 Å². The standard InChI is InChI=1S/C15H20F3NO6S2/c1-10(2)26(20,21)19-14-9-24-8-7-13(14)11-3-5-12(6-4-11)25-27(22,23)15(16,17)18/h3-6,10,13-14,19H,7-9H2,1-2H3/t13-,14+/m1/s1. The van der Waals surface area contributed by atoms with E-state index in [4.69, 9.17) is 4.74 Å². The van der Waals surface area contributed by atoms with Crippen molar-refractivity contribution in [3.63, 3.8) is 0 Å². The van der Waals surface area contributed by atoms with Crippen molar-refractivity contribution in [3.8, 4) is 5.75 Å². The number of nitrogens with one attached hydrogen (secondary N) is 1. The fourth-order valence-electron chi connectivity index (χ4n) is 2.54. The molecular weight excluding hydrogens is 411 g/mol. The monoisotopic (exact) mass is 431 g/mol. The van der Waals surface area contributed by atoms with Gasteiger partial charge in [-0.15, -0.1) is 0 Å². The second-order valence-corrected chi connectivity index (χ2v) is 10.1. The fourth-order valence-corrected chi connectivity index (χ4v) is 3.93. The van der Waals surface area contributed by atoms with Crippen molar-refractivity contribution in [1.29, 1.82) is 0 Å². The van der Waals surface area contributed by atoms with Crippen molar-refractivity contribution < 1.29 is 38.9 Å². The van der Waals surface area contributed by atoms with Crippen LogP contribution in [0.4, 0.5) is 13.2 Å². The third-order valence-electron chi connectivity index (χ3n) is 4.09. The second-order valence-electron chi connectivity index (χ2n) is 6.34. The van der Waals surface area contributed by atoms with Gasteiger partial charge in [-0.05, 0) is 38.0 Å². The summed E-state index contributed by atoms with van der Waals surface area (Å²) >= 11 is 0. The third-order valence-corrected chi connectivity index (χ3v) is 6.94. The number of sulfonamides is 1. The molecule has 7 nitrogen and oxygen atoms in total. The van der Waals surface area contributed by atoms with Gasteiger partial charge in [0, 0.05) is 12.5 Å². The van der Waals surface area contributed by atoms with Crippen LogP contribution in [0.2, 0.25) is 0 Å². The van der Waals surface area contributed by atoms with Crippen molar-refractivity contribution in [1.82, 2.24) is 4.72 Å². The molecule has 1 aromatic carbocycles. The Morgan fingerprint density at radius 2 is 1.74 bits per heavy atom. The highest BCUT2D eigenvalue weighted by Crippen LogP contribution is 2.31. The molecule has 0 radical (unpaired) electrons. The molecule has 1 saturated heterocycles. The lowest BCUT2D eigenvalue weighted by atomic mass is 9.88. The Morgan fingerprint density at radius 3 is 2.26 bits per heavy atom. The van der Waals surface area contributed by atoms with Gasteiger partial charge in [-0.25, -0.2) is 13.1 Å². The van der Waals surface area contributed by atoms with Gasteiger partial charge in [0.15, 0.2) is 0 Å². The zero-order valence-electron chi connectivity index (χ0n) is 14.6. The number of alkyl halides is 3. The largest absolute Gasteiger partial charge is 0.534 e. The van der Waals surface area contributed by atoms with E-state index < -0.39 is 42.7 Å². The summed E-state index contributed by atoms with van der Waals surface area (Å²) in [6.07, 6.45) is 0.492.